The van der Waals surface area contributed by atoms with E-state index in [9.17, 15) is 4.39 Å². The fraction of sp³-hybridized carbons (Fsp3) is 0.400. The molecular weight excluding hydrogens is 241 g/mol. The quantitative estimate of drug-likeness (QED) is 0.919. The molecule has 1 unspecified atom stereocenters. The van der Waals surface area contributed by atoms with E-state index in [4.69, 9.17) is 5.73 Å². The third kappa shape index (κ3) is 2.84. The summed E-state index contributed by atoms with van der Waals surface area (Å²) >= 11 is 0. The molecule has 0 aliphatic rings. The molecule has 1 aromatic carbocycles. The van der Waals surface area contributed by atoms with Gasteiger partial charge in [0.05, 0.1) is 5.69 Å². The molecule has 0 aliphatic carbocycles. The minimum atomic E-state index is -0.257. The highest BCUT2D eigenvalue weighted by Crippen LogP contribution is 2.22. The Labute approximate surface area is 113 Å². The van der Waals surface area contributed by atoms with E-state index in [0.717, 1.165) is 23.4 Å². The number of benzene rings is 1. The smallest absolute Gasteiger partial charge is 0.149 e. The zero-order valence-electron chi connectivity index (χ0n) is 11.7. The summed E-state index contributed by atoms with van der Waals surface area (Å²) in [5, 5.41) is 4.37. The monoisotopic (exact) mass is 261 g/mol. The van der Waals surface area contributed by atoms with Crippen LogP contribution in [0.2, 0.25) is 0 Å². The normalized spacial score (nSPS) is 12.7. The van der Waals surface area contributed by atoms with Crippen molar-refractivity contribution in [3.05, 3.63) is 47.0 Å². The van der Waals surface area contributed by atoms with Gasteiger partial charge in [-0.25, -0.2) is 9.07 Å². The van der Waals surface area contributed by atoms with Crippen LogP contribution in [0.25, 0.3) is 5.69 Å². The second kappa shape index (κ2) is 5.53. The van der Waals surface area contributed by atoms with Crippen LogP contribution >= 0.6 is 0 Å². The van der Waals surface area contributed by atoms with Gasteiger partial charge in [-0.05, 0) is 44.4 Å². The number of nitrogens with zero attached hydrogens (tertiary/aromatic N) is 2. The van der Waals surface area contributed by atoms with Crippen LogP contribution in [-0.4, -0.2) is 15.8 Å². The summed E-state index contributed by atoms with van der Waals surface area (Å²) in [6.07, 6.45) is 1.52. The number of hydrogen-bond acceptors (Lipinski definition) is 2. The van der Waals surface area contributed by atoms with Crippen molar-refractivity contribution in [3.63, 3.8) is 0 Å². The van der Waals surface area contributed by atoms with E-state index >= 15 is 0 Å². The zero-order valence-corrected chi connectivity index (χ0v) is 11.7. The predicted molar refractivity (Wildman–Crippen MR) is 75.0 cm³/mol. The largest absolute Gasteiger partial charge is 0.327 e. The van der Waals surface area contributed by atoms with E-state index in [2.05, 4.69) is 5.10 Å². The molecule has 1 heterocycles. The van der Waals surface area contributed by atoms with Gasteiger partial charge in [0, 0.05) is 11.7 Å². The number of aryl methyl sites for hydroxylation is 2. The summed E-state index contributed by atoms with van der Waals surface area (Å²) in [4.78, 5) is 0. The highest BCUT2D eigenvalue weighted by Gasteiger charge is 2.15. The van der Waals surface area contributed by atoms with Crippen LogP contribution in [0, 0.1) is 19.7 Å². The lowest BCUT2D eigenvalue weighted by atomic mass is 10.0. The Morgan fingerprint density at radius 1 is 1.37 bits per heavy atom. The molecule has 2 N–H and O–H groups in total. The second-order valence-corrected chi connectivity index (χ2v) is 4.96. The first-order valence-electron chi connectivity index (χ1n) is 6.59. The molecule has 1 atom stereocenters. The first-order chi connectivity index (χ1) is 9.02. The van der Waals surface area contributed by atoms with Crippen LogP contribution in [0.15, 0.2) is 24.3 Å². The topological polar surface area (TPSA) is 43.8 Å². The first-order valence-corrected chi connectivity index (χ1v) is 6.59. The Morgan fingerprint density at radius 3 is 2.68 bits per heavy atom. The average molecular weight is 261 g/mol. The van der Waals surface area contributed by atoms with Gasteiger partial charge in [-0.15, -0.1) is 0 Å². The predicted octanol–water partition coefficient (Wildman–Crippen LogP) is 2.91. The molecule has 0 spiro atoms. The van der Waals surface area contributed by atoms with Crippen LogP contribution in [0.5, 0.6) is 0 Å². The van der Waals surface area contributed by atoms with E-state index in [1.165, 1.54) is 6.07 Å². The Bertz CT molecular complexity index is 575. The minimum absolute atomic E-state index is 0.0394. The van der Waals surface area contributed by atoms with Crippen molar-refractivity contribution in [2.75, 3.05) is 0 Å². The highest BCUT2D eigenvalue weighted by atomic mass is 19.1. The van der Waals surface area contributed by atoms with Gasteiger partial charge in [0.25, 0.3) is 0 Å². The summed E-state index contributed by atoms with van der Waals surface area (Å²) in [6, 6.07) is 7.09. The van der Waals surface area contributed by atoms with Crippen molar-refractivity contribution in [1.29, 1.82) is 0 Å². The Hall–Kier alpha value is -1.68. The molecule has 3 nitrogen and oxygen atoms in total. The molecular formula is C15H20FN3. The van der Waals surface area contributed by atoms with Gasteiger partial charge in [0.2, 0.25) is 0 Å². The summed E-state index contributed by atoms with van der Waals surface area (Å²) in [5.74, 6) is -0.257. The van der Waals surface area contributed by atoms with E-state index < -0.39 is 0 Å². The molecule has 2 rings (SSSR count). The molecule has 19 heavy (non-hydrogen) atoms. The van der Waals surface area contributed by atoms with Crippen molar-refractivity contribution in [1.82, 2.24) is 9.78 Å². The fourth-order valence-electron chi connectivity index (χ4n) is 2.24. The number of rotatable bonds is 4. The van der Waals surface area contributed by atoms with Crippen LogP contribution in [0.3, 0.4) is 0 Å². The molecule has 0 amide bonds. The lowest BCUT2D eigenvalue weighted by Gasteiger charge is -2.15. The molecule has 0 saturated carbocycles. The first kappa shape index (κ1) is 13.7. The lowest BCUT2D eigenvalue weighted by Crippen LogP contribution is -2.22. The van der Waals surface area contributed by atoms with Crippen LogP contribution in [0.1, 0.15) is 30.3 Å². The SMILES string of the molecule is CCC(N)Cc1cccc(F)c1-n1nc(C)cc1C. The minimum Gasteiger partial charge on any atom is -0.327 e. The third-order valence-corrected chi connectivity index (χ3v) is 3.30. The molecule has 0 bridgehead atoms. The van der Waals surface area contributed by atoms with E-state index in [1.807, 2.05) is 32.9 Å². The molecule has 0 radical (unpaired) electrons. The van der Waals surface area contributed by atoms with E-state index in [0.29, 0.717) is 12.1 Å². The van der Waals surface area contributed by atoms with Crippen molar-refractivity contribution < 1.29 is 4.39 Å². The number of halogens is 1. The third-order valence-electron chi connectivity index (χ3n) is 3.30. The molecule has 2 aromatic rings. The maximum atomic E-state index is 14.2. The Morgan fingerprint density at radius 2 is 2.11 bits per heavy atom. The highest BCUT2D eigenvalue weighted by molar-refractivity contribution is 5.43. The standard InChI is InChI=1S/C15H20FN3/c1-4-13(17)9-12-6-5-7-14(16)15(12)19-11(3)8-10(2)18-19/h5-8,13H,4,9,17H2,1-3H3. The molecule has 102 valence electrons. The van der Waals surface area contributed by atoms with Crippen LogP contribution in [-0.2, 0) is 6.42 Å². The Balaban J connectivity index is 2.52. The summed E-state index contributed by atoms with van der Waals surface area (Å²) in [6.45, 7) is 5.87. The van der Waals surface area contributed by atoms with Gasteiger partial charge >= 0.3 is 0 Å². The van der Waals surface area contributed by atoms with E-state index in [1.54, 1.807) is 10.7 Å². The molecule has 1 aromatic heterocycles. The summed E-state index contributed by atoms with van der Waals surface area (Å²) in [7, 11) is 0. The van der Waals surface area contributed by atoms with Crippen LogP contribution < -0.4 is 5.73 Å². The second-order valence-electron chi connectivity index (χ2n) is 4.96. The fourth-order valence-corrected chi connectivity index (χ4v) is 2.24. The number of hydrogen-bond donors (Lipinski definition) is 1. The van der Waals surface area contributed by atoms with Gasteiger partial charge in [0.1, 0.15) is 11.5 Å². The number of nitrogens with two attached hydrogens (primary N) is 1. The van der Waals surface area contributed by atoms with Gasteiger partial charge < -0.3 is 5.73 Å². The molecule has 0 fully saturated rings. The van der Waals surface area contributed by atoms with Gasteiger partial charge in [-0.3, -0.25) is 0 Å². The van der Waals surface area contributed by atoms with Gasteiger partial charge in [-0.2, -0.15) is 5.10 Å². The van der Waals surface area contributed by atoms with Gasteiger partial charge in [0.15, 0.2) is 0 Å². The van der Waals surface area contributed by atoms with Gasteiger partial charge in [-0.1, -0.05) is 19.1 Å². The molecule has 0 saturated heterocycles. The van der Waals surface area contributed by atoms with Crippen LogP contribution in [0.4, 0.5) is 4.39 Å². The number of para-hydroxylation sites is 1. The van der Waals surface area contributed by atoms with E-state index in [-0.39, 0.29) is 11.9 Å². The van der Waals surface area contributed by atoms with Crippen molar-refractivity contribution in [2.24, 2.45) is 5.73 Å². The average Bonchev–Trinajstić information content (AvgIpc) is 2.68. The lowest BCUT2D eigenvalue weighted by molar-refractivity contribution is 0.593. The maximum Gasteiger partial charge on any atom is 0.149 e. The maximum absolute atomic E-state index is 14.2. The van der Waals surface area contributed by atoms with Crippen molar-refractivity contribution >= 4 is 0 Å². The Kier molecular flexibility index (Phi) is 4.00. The number of aromatic nitrogens is 2. The molecule has 0 aliphatic heterocycles. The summed E-state index contributed by atoms with van der Waals surface area (Å²) in [5.41, 5.74) is 9.23. The zero-order chi connectivity index (χ0) is 14.0. The summed E-state index contributed by atoms with van der Waals surface area (Å²) < 4.78 is 15.8. The molecule has 4 heteroatoms. The van der Waals surface area contributed by atoms with Crippen molar-refractivity contribution in [2.45, 2.75) is 39.7 Å². The van der Waals surface area contributed by atoms with Crippen molar-refractivity contribution in [3.8, 4) is 5.69 Å².